The summed E-state index contributed by atoms with van der Waals surface area (Å²) in [7, 11) is 0. The van der Waals surface area contributed by atoms with Crippen molar-refractivity contribution in [1.82, 2.24) is 4.90 Å². The minimum Gasteiger partial charge on any atom is -0.369 e. The molecular formula is C18H32N2. The van der Waals surface area contributed by atoms with Crippen LogP contribution in [0.5, 0.6) is 0 Å². The van der Waals surface area contributed by atoms with Gasteiger partial charge in [0.05, 0.1) is 0 Å². The zero-order valence-corrected chi connectivity index (χ0v) is 14.0. The number of benzene rings is 1. The highest BCUT2D eigenvalue weighted by molar-refractivity contribution is 5.47. The SMILES string of the molecule is CC.CC.Cc1ccc(N2CCN(C3CC3)CC2)cc1. The van der Waals surface area contributed by atoms with Crippen LogP contribution in [0, 0.1) is 6.92 Å². The second kappa shape index (κ2) is 9.02. The van der Waals surface area contributed by atoms with Crippen LogP contribution in [0.3, 0.4) is 0 Å². The highest BCUT2D eigenvalue weighted by Crippen LogP contribution is 2.28. The van der Waals surface area contributed by atoms with E-state index < -0.39 is 0 Å². The molecule has 114 valence electrons. The maximum absolute atomic E-state index is 2.66. The Bertz CT molecular complexity index is 346. The van der Waals surface area contributed by atoms with Crippen molar-refractivity contribution >= 4 is 5.69 Å². The van der Waals surface area contributed by atoms with E-state index in [4.69, 9.17) is 0 Å². The minimum absolute atomic E-state index is 0.931. The number of nitrogens with zero attached hydrogens (tertiary/aromatic N) is 2. The van der Waals surface area contributed by atoms with Crippen LogP contribution in [0.1, 0.15) is 46.1 Å². The Hall–Kier alpha value is -1.02. The second-order valence-corrected chi connectivity index (χ2v) is 5.09. The first-order valence-electron chi connectivity index (χ1n) is 8.38. The van der Waals surface area contributed by atoms with Crippen molar-refractivity contribution in [3.63, 3.8) is 0 Å². The van der Waals surface area contributed by atoms with Crippen LogP contribution in [0.25, 0.3) is 0 Å². The highest BCUT2D eigenvalue weighted by Gasteiger charge is 2.31. The van der Waals surface area contributed by atoms with Crippen LogP contribution in [0.2, 0.25) is 0 Å². The van der Waals surface area contributed by atoms with Gasteiger partial charge in [0.15, 0.2) is 0 Å². The average molecular weight is 276 g/mol. The van der Waals surface area contributed by atoms with Gasteiger partial charge in [0, 0.05) is 37.9 Å². The molecule has 1 aromatic rings. The van der Waals surface area contributed by atoms with Gasteiger partial charge >= 0.3 is 0 Å². The molecule has 2 aliphatic rings. The molecule has 0 amide bonds. The maximum atomic E-state index is 2.66. The molecule has 0 unspecified atom stereocenters. The molecule has 1 heterocycles. The van der Waals surface area contributed by atoms with Crippen LogP contribution in [0.15, 0.2) is 24.3 Å². The molecule has 2 fully saturated rings. The van der Waals surface area contributed by atoms with E-state index in [9.17, 15) is 0 Å². The summed E-state index contributed by atoms with van der Waals surface area (Å²) in [5.74, 6) is 0. The molecule has 1 aromatic carbocycles. The van der Waals surface area contributed by atoms with E-state index in [-0.39, 0.29) is 0 Å². The van der Waals surface area contributed by atoms with Crippen molar-refractivity contribution in [1.29, 1.82) is 0 Å². The monoisotopic (exact) mass is 276 g/mol. The van der Waals surface area contributed by atoms with Crippen molar-refractivity contribution in [2.45, 2.75) is 53.5 Å². The van der Waals surface area contributed by atoms with Gasteiger partial charge in [-0.1, -0.05) is 45.4 Å². The zero-order valence-electron chi connectivity index (χ0n) is 14.0. The van der Waals surface area contributed by atoms with Crippen LogP contribution >= 0.6 is 0 Å². The van der Waals surface area contributed by atoms with E-state index in [1.165, 1.54) is 50.3 Å². The molecule has 1 aliphatic carbocycles. The summed E-state index contributed by atoms with van der Waals surface area (Å²) >= 11 is 0. The molecule has 0 spiro atoms. The maximum Gasteiger partial charge on any atom is 0.0367 e. The molecule has 0 atom stereocenters. The Morgan fingerprint density at radius 1 is 0.800 bits per heavy atom. The van der Waals surface area contributed by atoms with Crippen molar-refractivity contribution in [3.05, 3.63) is 29.8 Å². The predicted octanol–water partition coefficient (Wildman–Crippen LogP) is 4.33. The Morgan fingerprint density at radius 2 is 1.30 bits per heavy atom. The summed E-state index contributed by atoms with van der Waals surface area (Å²) < 4.78 is 0. The number of rotatable bonds is 2. The third-order valence-corrected chi connectivity index (χ3v) is 3.78. The summed E-state index contributed by atoms with van der Waals surface area (Å²) in [5, 5.41) is 0. The molecule has 0 aromatic heterocycles. The quantitative estimate of drug-likeness (QED) is 0.793. The first-order chi connectivity index (χ1) is 9.83. The summed E-state index contributed by atoms with van der Waals surface area (Å²) in [5.41, 5.74) is 2.74. The normalized spacial score (nSPS) is 18.6. The third kappa shape index (κ3) is 4.82. The van der Waals surface area contributed by atoms with Gasteiger partial charge in [-0.25, -0.2) is 0 Å². The smallest absolute Gasteiger partial charge is 0.0367 e. The highest BCUT2D eigenvalue weighted by atomic mass is 15.3. The van der Waals surface area contributed by atoms with Gasteiger partial charge in [-0.05, 0) is 31.9 Å². The molecular weight excluding hydrogens is 244 g/mol. The van der Waals surface area contributed by atoms with Crippen LogP contribution in [-0.4, -0.2) is 37.1 Å². The molecule has 2 nitrogen and oxygen atoms in total. The Balaban J connectivity index is 0.000000461. The Morgan fingerprint density at radius 3 is 1.75 bits per heavy atom. The number of hydrogen-bond acceptors (Lipinski definition) is 2. The van der Waals surface area contributed by atoms with Crippen molar-refractivity contribution in [2.24, 2.45) is 0 Å². The lowest BCUT2D eigenvalue weighted by molar-refractivity contribution is 0.248. The molecule has 2 heteroatoms. The lowest BCUT2D eigenvalue weighted by atomic mass is 10.2. The Labute approximate surface area is 125 Å². The minimum atomic E-state index is 0.931. The van der Waals surface area contributed by atoms with Gasteiger partial charge in [0.2, 0.25) is 0 Å². The largest absolute Gasteiger partial charge is 0.369 e. The zero-order chi connectivity index (χ0) is 15.0. The molecule has 1 saturated carbocycles. The van der Waals surface area contributed by atoms with Crippen LogP contribution < -0.4 is 4.90 Å². The number of aryl methyl sites for hydroxylation is 1. The summed E-state index contributed by atoms with van der Waals surface area (Å²) in [6, 6.07) is 9.86. The van der Waals surface area contributed by atoms with Gasteiger partial charge < -0.3 is 4.90 Å². The molecule has 0 radical (unpaired) electrons. The van der Waals surface area contributed by atoms with Crippen molar-refractivity contribution < 1.29 is 0 Å². The van der Waals surface area contributed by atoms with Gasteiger partial charge in [-0.2, -0.15) is 0 Å². The standard InChI is InChI=1S/C14H20N2.2C2H6/c1-12-2-4-13(5-3-12)15-8-10-16(11-9-15)14-6-7-14;2*1-2/h2-5,14H,6-11H2,1H3;2*1-2H3. The average Bonchev–Trinajstić information content (AvgIpc) is 3.37. The van der Waals surface area contributed by atoms with Crippen LogP contribution in [-0.2, 0) is 0 Å². The molecule has 0 N–H and O–H groups in total. The van der Waals surface area contributed by atoms with E-state index in [0.717, 1.165) is 6.04 Å². The van der Waals surface area contributed by atoms with E-state index in [1.807, 2.05) is 27.7 Å². The fraction of sp³-hybridized carbons (Fsp3) is 0.667. The number of hydrogen-bond donors (Lipinski definition) is 0. The first kappa shape index (κ1) is 17.0. The van der Waals surface area contributed by atoms with Crippen molar-refractivity contribution in [2.75, 3.05) is 31.1 Å². The first-order valence-corrected chi connectivity index (χ1v) is 8.38. The van der Waals surface area contributed by atoms with Crippen molar-refractivity contribution in [3.8, 4) is 0 Å². The third-order valence-electron chi connectivity index (χ3n) is 3.78. The van der Waals surface area contributed by atoms with E-state index in [2.05, 4.69) is 41.0 Å². The van der Waals surface area contributed by atoms with Gasteiger partial charge in [0.1, 0.15) is 0 Å². The topological polar surface area (TPSA) is 6.48 Å². The van der Waals surface area contributed by atoms with E-state index in [1.54, 1.807) is 0 Å². The van der Waals surface area contributed by atoms with E-state index >= 15 is 0 Å². The molecule has 20 heavy (non-hydrogen) atoms. The second-order valence-electron chi connectivity index (χ2n) is 5.09. The van der Waals surface area contributed by atoms with E-state index in [0.29, 0.717) is 0 Å². The molecule has 1 aliphatic heterocycles. The molecule has 1 saturated heterocycles. The summed E-state index contributed by atoms with van der Waals surface area (Å²) in [4.78, 5) is 5.17. The molecule has 0 bridgehead atoms. The van der Waals surface area contributed by atoms with Crippen LogP contribution in [0.4, 0.5) is 5.69 Å². The lowest BCUT2D eigenvalue weighted by Gasteiger charge is -2.36. The summed E-state index contributed by atoms with van der Waals surface area (Å²) in [6.45, 7) is 15.0. The Kier molecular flexibility index (Phi) is 7.68. The number of piperazine rings is 1. The van der Waals surface area contributed by atoms with Gasteiger partial charge in [-0.3, -0.25) is 4.90 Å². The predicted molar refractivity (Wildman–Crippen MR) is 90.7 cm³/mol. The van der Waals surface area contributed by atoms with Gasteiger partial charge in [0.25, 0.3) is 0 Å². The fourth-order valence-corrected chi connectivity index (χ4v) is 2.54. The number of anilines is 1. The molecule has 3 rings (SSSR count). The summed E-state index contributed by atoms with van der Waals surface area (Å²) in [6.07, 6.45) is 2.87. The fourth-order valence-electron chi connectivity index (χ4n) is 2.54. The lowest BCUT2D eigenvalue weighted by Crippen LogP contribution is -2.47. The van der Waals surface area contributed by atoms with Gasteiger partial charge in [-0.15, -0.1) is 0 Å².